The van der Waals surface area contributed by atoms with Crippen molar-refractivity contribution in [2.45, 2.75) is 31.5 Å². The number of nitrogens with zero attached hydrogens (tertiary/aromatic N) is 2. The van der Waals surface area contributed by atoms with Gasteiger partial charge in [-0.2, -0.15) is 13.2 Å². The van der Waals surface area contributed by atoms with E-state index in [1.54, 1.807) is 6.07 Å². The molecule has 0 saturated heterocycles. The number of carbonyl (C=O) groups excluding carboxylic acids is 1. The number of halogens is 5. The van der Waals surface area contributed by atoms with E-state index in [9.17, 15) is 18.0 Å². The quantitative estimate of drug-likeness (QED) is 0.765. The molecule has 0 spiro atoms. The van der Waals surface area contributed by atoms with Crippen molar-refractivity contribution in [2.24, 2.45) is 0 Å². The number of carbonyl (C=O) groups is 1. The van der Waals surface area contributed by atoms with Crippen LogP contribution in [0.1, 0.15) is 35.3 Å². The monoisotopic (exact) mass is 404 g/mol. The smallest absolute Gasteiger partial charge is 0.349 e. The highest BCUT2D eigenvalue weighted by atomic mass is 35.5. The van der Waals surface area contributed by atoms with Gasteiger partial charge >= 0.3 is 6.18 Å². The van der Waals surface area contributed by atoms with E-state index in [0.29, 0.717) is 0 Å². The third-order valence-electron chi connectivity index (χ3n) is 3.94. The van der Waals surface area contributed by atoms with Crippen LogP contribution in [-0.2, 0) is 6.18 Å². The molecular weight excluding hydrogens is 392 g/mol. The summed E-state index contributed by atoms with van der Waals surface area (Å²) in [4.78, 5) is 19.4. The van der Waals surface area contributed by atoms with Crippen molar-refractivity contribution < 1.29 is 18.0 Å². The molecule has 0 unspecified atom stereocenters. The van der Waals surface area contributed by atoms with Gasteiger partial charge in [-0.25, -0.2) is 9.97 Å². The highest BCUT2D eigenvalue weighted by molar-refractivity contribution is 6.39. The van der Waals surface area contributed by atoms with E-state index < -0.39 is 23.3 Å². The van der Waals surface area contributed by atoms with Crippen molar-refractivity contribution in [3.05, 3.63) is 45.7 Å². The van der Waals surface area contributed by atoms with E-state index in [1.165, 1.54) is 12.1 Å². The summed E-state index contributed by atoms with van der Waals surface area (Å²) in [6.45, 7) is 0. The van der Waals surface area contributed by atoms with Crippen LogP contribution in [0.15, 0.2) is 24.4 Å². The van der Waals surface area contributed by atoms with Crippen molar-refractivity contribution in [1.29, 1.82) is 0 Å². The van der Waals surface area contributed by atoms with Gasteiger partial charge in [0.1, 0.15) is 0 Å². The number of alkyl halides is 3. The van der Waals surface area contributed by atoms with Gasteiger partial charge in [-0.1, -0.05) is 29.3 Å². The van der Waals surface area contributed by atoms with Gasteiger partial charge in [-0.05, 0) is 31.4 Å². The van der Waals surface area contributed by atoms with Gasteiger partial charge in [0.15, 0.2) is 5.69 Å². The van der Waals surface area contributed by atoms with E-state index >= 15 is 0 Å². The lowest BCUT2D eigenvalue weighted by molar-refractivity contribution is -0.141. The Labute approximate surface area is 156 Å². The van der Waals surface area contributed by atoms with E-state index in [1.807, 2.05) is 0 Å². The summed E-state index contributed by atoms with van der Waals surface area (Å²) in [5, 5.41) is 5.51. The predicted molar refractivity (Wildman–Crippen MR) is 91.9 cm³/mol. The Morgan fingerprint density at radius 3 is 2.38 bits per heavy atom. The summed E-state index contributed by atoms with van der Waals surface area (Å²) in [5.74, 6) is -1.21. The number of hydrogen-bond donors (Lipinski definition) is 2. The SMILES string of the molecule is O=C(NC1CCC1)c1cnc(Nc2c(Cl)cccc2Cl)nc1C(F)(F)F. The first-order valence-electron chi connectivity index (χ1n) is 7.72. The van der Waals surface area contributed by atoms with Crippen LogP contribution in [0.4, 0.5) is 24.8 Å². The lowest BCUT2D eigenvalue weighted by Crippen LogP contribution is -2.40. The Hall–Kier alpha value is -2.06. The average Bonchev–Trinajstić information content (AvgIpc) is 2.53. The van der Waals surface area contributed by atoms with Gasteiger partial charge in [0.2, 0.25) is 5.95 Å². The summed E-state index contributed by atoms with van der Waals surface area (Å²) in [5.41, 5.74) is -1.77. The molecular formula is C16H13Cl2F3N4O. The molecule has 3 rings (SSSR count). The summed E-state index contributed by atoms with van der Waals surface area (Å²) >= 11 is 12.0. The minimum absolute atomic E-state index is 0.108. The van der Waals surface area contributed by atoms with Gasteiger partial charge in [-0.3, -0.25) is 4.79 Å². The first-order chi connectivity index (χ1) is 12.3. The summed E-state index contributed by atoms with van der Waals surface area (Å²) in [6, 6.07) is 4.51. The van der Waals surface area contributed by atoms with Crippen LogP contribution < -0.4 is 10.6 Å². The molecule has 1 saturated carbocycles. The normalized spacial score (nSPS) is 14.7. The lowest BCUT2D eigenvalue weighted by Gasteiger charge is -2.26. The lowest BCUT2D eigenvalue weighted by atomic mass is 9.93. The van der Waals surface area contributed by atoms with E-state index in [2.05, 4.69) is 20.6 Å². The van der Waals surface area contributed by atoms with Crippen LogP contribution in [0.2, 0.25) is 10.0 Å². The summed E-state index contributed by atoms with van der Waals surface area (Å²) < 4.78 is 40.1. The highest BCUT2D eigenvalue weighted by Gasteiger charge is 2.38. The van der Waals surface area contributed by atoms with Gasteiger partial charge in [0.05, 0.1) is 21.3 Å². The zero-order valence-corrected chi connectivity index (χ0v) is 14.7. The predicted octanol–water partition coefficient (Wildman–Crippen LogP) is 4.83. The zero-order chi connectivity index (χ0) is 18.9. The fourth-order valence-electron chi connectivity index (χ4n) is 2.37. The van der Waals surface area contributed by atoms with E-state index in [0.717, 1.165) is 25.5 Å². The molecule has 1 fully saturated rings. The van der Waals surface area contributed by atoms with Crippen LogP contribution in [0.3, 0.4) is 0 Å². The Bertz CT molecular complexity index is 820. The van der Waals surface area contributed by atoms with Crippen molar-refractivity contribution in [1.82, 2.24) is 15.3 Å². The molecule has 1 aliphatic rings. The minimum Gasteiger partial charge on any atom is -0.349 e. The number of aromatic nitrogens is 2. The largest absolute Gasteiger partial charge is 0.434 e. The number of nitrogens with one attached hydrogen (secondary N) is 2. The molecule has 0 aliphatic heterocycles. The van der Waals surface area contributed by atoms with E-state index in [-0.39, 0.29) is 27.7 Å². The third kappa shape index (κ3) is 4.02. The number of hydrogen-bond acceptors (Lipinski definition) is 4. The number of anilines is 2. The maximum atomic E-state index is 13.4. The average molecular weight is 405 g/mol. The molecule has 1 amide bonds. The molecule has 10 heteroatoms. The minimum atomic E-state index is -4.82. The Balaban J connectivity index is 1.92. The molecule has 2 aromatic rings. The van der Waals surface area contributed by atoms with Crippen LogP contribution in [0.5, 0.6) is 0 Å². The fourth-order valence-corrected chi connectivity index (χ4v) is 2.86. The first-order valence-corrected chi connectivity index (χ1v) is 8.47. The third-order valence-corrected chi connectivity index (χ3v) is 4.57. The number of benzene rings is 1. The number of amides is 1. The maximum absolute atomic E-state index is 13.4. The molecule has 0 bridgehead atoms. The molecule has 1 aromatic heterocycles. The van der Waals surface area contributed by atoms with Crippen molar-refractivity contribution in [3.63, 3.8) is 0 Å². The molecule has 1 aromatic carbocycles. The second-order valence-electron chi connectivity index (χ2n) is 5.78. The standard InChI is InChI=1S/C16H13Cl2F3N4O/c17-10-5-2-6-11(18)12(10)24-15-22-7-9(13(25-15)16(19,20)21)14(26)23-8-3-1-4-8/h2,5-8H,1,3-4H2,(H,23,26)(H,22,24,25). The number of rotatable bonds is 4. The van der Waals surface area contributed by atoms with Crippen LogP contribution >= 0.6 is 23.2 Å². The Kier molecular flexibility index (Phi) is 5.24. The fraction of sp³-hybridized carbons (Fsp3) is 0.312. The van der Waals surface area contributed by atoms with Crippen molar-refractivity contribution >= 4 is 40.7 Å². The van der Waals surface area contributed by atoms with Crippen molar-refractivity contribution in [2.75, 3.05) is 5.32 Å². The molecule has 2 N–H and O–H groups in total. The molecule has 26 heavy (non-hydrogen) atoms. The molecule has 1 aliphatic carbocycles. The van der Waals surface area contributed by atoms with Gasteiger partial charge in [0, 0.05) is 12.2 Å². The van der Waals surface area contributed by atoms with Crippen LogP contribution in [0.25, 0.3) is 0 Å². The highest BCUT2D eigenvalue weighted by Crippen LogP contribution is 2.34. The van der Waals surface area contributed by atoms with Crippen LogP contribution in [-0.4, -0.2) is 21.9 Å². The second-order valence-corrected chi connectivity index (χ2v) is 6.59. The number of para-hydroxylation sites is 1. The molecule has 5 nitrogen and oxygen atoms in total. The summed E-state index contributed by atoms with van der Waals surface area (Å²) in [7, 11) is 0. The Morgan fingerprint density at radius 1 is 1.19 bits per heavy atom. The van der Waals surface area contributed by atoms with E-state index in [4.69, 9.17) is 23.2 Å². The first kappa shape index (κ1) is 18.7. The maximum Gasteiger partial charge on any atom is 0.434 e. The van der Waals surface area contributed by atoms with Crippen LogP contribution in [0, 0.1) is 0 Å². The molecule has 0 atom stereocenters. The molecule has 138 valence electrons. The second kappa shape index (κ2) is 7.28. The van der Waals surface area contributed by atoms with Gasteiger partial charge in [-0.15, -0.1) is 0 Å². The van der Waals surface area contributed by atoms with Crippen molar-refractivity contribution in [3.8, 4) is 0 Å². The summed E-state index contributed by atoms with van der Waals surface area (Å²) in [6.07, 6.45) is -1.54. The topological polar surface area (TPSA) is 66.9 Å². The zero-order valence-electron chi connectivity index (χ0n) is 13.2. The molecule has 0 radical (unpaired) electrons. The molecule has 1 heterocycles. The Morgan fingerprint density at radius 2 is 1.85 bits per heavy atom. The van der Waals surface area contributed by atoms with Gasteiger partial charge < -0.3 is 10.6 Å². The van der Waals surface area contributed by atoms with Gasteiger partial charge in [0.25, 0.3) is 5.91 Å².